The first-order chi connectivity index (χ1) is 16.9. The van der Waals surface area contributed by atoms with Crippen molar-refractivity contribution < 1.29 is 14.4 Å². The zero-order valence-corrected chi connectivity index (χ0v) is 19.9. The number of rotatable bonds is 3. The van der Waals surface area contributed by atoms with Crippen LogP contribution in [0.3, 0.4) is 0 Å². The Balaban J connectivity index is 0.000000167. The number of carbonyl (C=O) groups is 3. The molecule has 0 atom stereocenters. The van der Waals surface area contributed by atoms with Crippen LogP contribution in [0.15, 0.2) is 79.1 Å². The third kappa shape index (κ3) is 5.63. The largest absolute Gasteiger partial charge is 0.359 e. The van der Waals surface area contributed by atoms with Crippen molar-refractivity contribution in [3.63, 3.8) is 0 Å². The molecule has 2 amide bonds. The number of piperazine rings is 1. The zero-order chi connectivity index (χ0) is 24.8. The van der Waals surface area contributed by atoms with Gasteiger partial charge in [0.05, 0.1) is 11.2 Å². The number of aryl methyl sites for hydroxylation is 1. The van der Waals surface area contributed by atoms with Crippen LogP contribution in [-0.4, -0.2) is 63.5 Å². The van der Waals surface area contributed by atoms with Gasteiger partial charge in [0, 0.05) is 62.0 Å². The average molecular weight is 469 g/mol. The van der Waals surface area contributed by atoms with E-state index in [2.05, 4.69) is 47.2 Å². The van der Waals surface area contributed by atoms with Crippen LogP contribution in [0.5, 0.6) is 0 Å². The number of aromatic amines is 1. The summed E-state index contributed by atoms with van der Waals surface area (Å²) in [7, 11) is 0. The molecule has 1 fully saturated rings. The fraction of sp³-hybridized carbons (Fsp3) is 0.214. The standard InChI is InChI=1S/C14H16N2O3.C14H12N2/c1-11(17)13(18)15-7-9-16(10-8-15)14(19)12-5-3-2-4-6-12;1-10-2-4-11(5-3-10)13-14-12(6-8-15-13)7-9-16-14/h2-6H,7-10H2,1H3;2-9,16H,1H3. The Morgan fingerprint density at radius 1 is 0.829 bits per heavy atom. The molecule has 0 aliphatic carbocycles. The number of ketones is 1. The molecule has 0 bridgehead atoms. The molecular weight excluding hydrogens is 440 g/mol. The van der Waals surface area contributed by atoms with E-state index in [1.165, 1.54) is 22.8 Å². The first-order valence-corrected chi connectivity index (χ1v) is 11.6. The maximum atomic E-state index is 12.2. The van der Waals surface area contributed by atoms with Gasteiger partial charge in [0.1, 0.15) is 0 Å². The number of nitrogens with one attached hydrogen (secondary N) is 1. The molecule has 1 aliphatic heterocycles. The molecule has 35 heavy (non-hydrogen) atoms. The van der Waals surface area contributed by atoms with Crippen LogP contribution in [-0.2, 0) is 9.59 Å². The number of benzene rings is 2. The lowest BCUT2D eigenvalue weighted by molar-refractivity contribution is -0.144. The van der Waals surface area contributed by atoms with E-state index in [9.17, 15) is 14.4 Å². The lowest BCUT2D eigenvalue weighted by Crippen LogP contribution is -2.51. The van der Waals surface area contributed by atoms with Gasteiger partial charge in [-0.3, -0.25) is 19.4 Å². The minimum absolute atomic E-state index is 0.0319. The highest BCUT2D eigenvalue weighted by Gasteiger charge is 2.26. The van der Waals surface area contributed by atoms with E-state index in [4.69, 9.17) is 0 Å². The molecule has 0 unspecified atom stereocenters. The minimum Gasteiger partial charge on any atom is -0.359 e. The Morgan fingerprint density at radius 2 is 1.49 bits per heavy atom. The Hall–Kier alpha value is -4.26. The van der Waals surface area contributed by atoms with Crippen molar-refractivity contribution in [3.05, 3.63) is 90.3 Å². The SMILES string of the molecule is CC(=O)C(=O)N1CCN(C(=O)c2ccccc2)CC1.Cc1ccc(-c2nccc3cc[nH]c23)cc1. The predicted molar refractivity (Wildman–Crippen MR) is 136 cm³/mol. The van der Waals surface area contributed by atoms with Crippen LogP contribution < -0.4 is 0 Å². The lowest BCUT2D eigenvalue weighted by Gasteiger charge is -2.34. The third-order valence-corrected chi connectivity index (χ3v) is 5.97. The summed E-state index contributed by atoms with van der Waals surface area (Å²) in [6, 6.07) is 21.6. The summed E-state index contributed by atoms with van der Waals surface area (Å²) in [5, 5.41) is 1.20. The quantitative estimate of drug-likeness (QED) is 0.459. The van der Waals surface area contributed by atoms with Crippen LogP contribution in [0, 0.1) is 6.92 Å². The molecule has 2 aromatic carbocycles. The van der Waals surface area contributed by atoms with E-state index in [1.807, 2.05) is 36.7 Å². The molecule has 2 aromatic heterocycles. The summed E-state index contributed by atoms with van der Waals surface area (Å²) in [6.45, 7) is 5.11. The summed E-state index contributed by atoms with van der Waals surface area (Å²) >= 11 is 0. The number of hydrogen-bond acceptors (Lipinski definition) is 4. The van der Waals surface area contributed by atoms with Crippen molar-refractivity contribution >= 4 is 28.5 Å². The molecule has 0 saturated carbocycles. The maximum absolute atomic E-state index is 12.2. The van der Waals surface area contributed by atoms with Gasteiger partial charge in [-0.1, -0.05) is 48.0 Å². The zero-order valence-electron chi connectivity index (χ0n) is 19.9. The van der Waals surface area contributed by atoms with E-state index in [0.717, 1.165) is 16.8 Å². The van der Waals surface area contributed by atoms with Crippen molar-refractivity contribution in [1.29, 1.82) is 0 Å². The van der Waals surface area contributed by atoms with Gasteiger partial charge in [-0.25, -0.2) is 0 Å². The van der Waals surface area contributed by atoms with Crippen LogP contribution in [0.4, 0.5) is 0 Å². The van der Waals surface area contributed by atoms with Gasteiger partial charge in [-0.15, -0.1) is 0 Å². The number of hydrogen-bond donors (Lipinski definition) is 1. The molecule has 0 spiro atoms. The fourth-order valence-corrected chi connectivity index (χ4v) is 4.01. The molecule has 1 aliphatic rings. The second-order valence-electron chi connectivity index (χ2n) is 8.47. The summed E-state index contributed by atoms with van der Waals surface area (Å²) < 4.78 is 0. The lowest BCUT2D eigenvalue weighted by atomic mass is 10.1. The summed E-state index contributed by atoms with van der Waals surface area (Å²) in [5.41, 5.74) is 5.18. The highest BCUT2D eigenvalue weighted by Crippen LogP contribution is 2.25. The Labute approximate surface area is 204 Å². The molecule has 1 saturated heterocycles. The minimum atomic E-state index is -0.466. The van der Waals surface area contributed by atoms with Crippen LogP contribution >= 0.6 is 0 Å². The summed E-state index contributed by atoms with van der Waals surface area (Å²) in [4.78, 5) is 45.6. The number of aromatic nitrogens is 2. The Bertz CT molecular complexity index is 1320. The fourth-order valence-electron chi connectivity index (χ4n) is 4.01. The van der Waals surface area contributed by atoms with Gasteiger partial charge in [0.25, 0.3) is 11.8 Å². The van der Waals surface area contributed by atoms with Crippen molar-refractivity contribution in [2.45, 2.75) is 13.8 Å². The van der Waals surface area contributed by atoms with E-state index in [-0.39, 0.29) is 5.91 Å². The number of carbonyl (C=O) groups excluding carboxylic acids is 3. The predicted octanol–water partition coefficient (Wildman–Crippen LogP) is 4.10. The summed E-state index contributed by atoms with van der Waals surface area (Å²) in [6.07, 6.45) is 3.80. The number of nitrogens with zero attached hydrogens (tertiary/aromatic N) is 3. The number of H-pyrrole nitrogens is 1. The van der Waals surface area contributed by atoms with Crippen LogP contribution in [0.2, 0.25) is 0 Å². The highest BCUT2D eigenvalue weighted by molar-refractivity contribution is 6.35. The van der Waals surface area contributed by atoms with Gasteiger partial charge in [0.15, 0.2) is 0 Å². The average Bonchev–Trinajstić information content (AvgIpc) is 3.38. The monoisotopic (exact) mass is 468 g/mol. The van der Waals surface area contributed by atoms with Crippen molar-refractivity contribution in [2.75, 3.05) is 26.2 Å². The van der Waals surface area contributed by atoms with Gasteiger partial charge in [0.2, 0.25) is 5.78 Å². The molecule has 1 N–H and O–H groups in total. The van der Waals surface area contributed by atoms with Gasteiger partial charge < -0.3 is 14.8 Å². The molecule has 4 aromatic rings. The van der Waals surface area contributed by atoms with E-state index in [1.54, 1.807) is 17.0 Å². The molecule has 0 radical (unpaired) electrons. The first-order valence-electron chi connectivity index (χ1n) is 11.6. The van der Waals surface area contributed by atoms with Crippen LogP contribution in [0.1, 0.15) is 22.8 Å². The molecular formula is C28H28N4O3. The first kappa shape index (κ1) is 23.9. The maximum Gasteiger partial charge on any atom is 0.289 e. The molecule has 7 heteroatoms. The number of Topliss-reactive ketones (excluding diaryl/α,β-unsaturated/α-hetero) is 1. The number of fused-ring (bicyclic) bond motifs is 1. The number of amides is 2. The second-order valence-corrected chi connectivity index (χ2v) is 8.47. The molecule has 178 valence electrons. The Kier molecular flexibility index (Phi) is 7.35. The number of pyridine rings is 1. The van der Waals surface area contributed by atoms with Gasteiger partial charge in [-0.2, -0.15) is 0 Å². The topological polar surface area (TPSA) is 86.4 Å². The van der Waals surface area contributed by atoms with Gasteiger partial charge in [-0.05, 0) is 31.2 Å². The van der Waals surface area contributed by atoms with E-state index in [0.29, 0.717) is 31.7 Å². The van der Waals surface area contributed by atoms with Crippen LogP contribution in [0.25, 0.3) is 22.2 Å². The summed E-state index contributed by atoms with van der Waals surface area (Å²) in [5.74, 6) is -0.954. The molecule has 3 heterocycles. The van der Waals surface area contributed by atoms with E-state index >= 15 is 0 Å². The third-order valence-electron chi connectivity index (χ3n) is 5.97. The normalized spacial score (nSPS) is 13.2. The van der Waals surface area contributed by atoms with Gasteiger partial charge >= 0.3 is 0 Å². The molecule has 5 rings (SSSR count). The Morgan fingerprint density at radius 3 is 2.14 bits per heavy atom. The van der Waals surface area contributed by atoms with E-state index < -0.39 is 11.7 Å². The second kappa shape index (κ2) is 10.8. The van der Waals surface area contributed by atoms with Crippen molar-refractivity contribution in [2.24, 2.45) is 0 Å². The highest BCUT2D eigenvalue weighted by atomic mass is 16.2. The van der Waals surface area contributed by atoms with Crippen molar-refractivity contribution in [1.82, 2.24) is 19.8 Å². The molecule has 7 nitrogen and oxygen atoms in total. The smallest absolute Gasteiger partial charge is 0.289 e. The van der Waals surface area contributed by atoms with Crippen molar-refractivity contribution in [3.8, 4) is 11.3 Å².